The van der Waals surface area contributed by atoms with Crippen LogP contribution in [0.15, 0.2) is 27.7 Å². The van der Waals surface area contributed by atoms with Crippen LogP contribution in [0.1, 0.15) is 50.2 Å². The maximum atomic E-state index is 5.63. The first-order valence-corrected chi connectivity index (χ1v) is 9.96. The highest BCUT2D eigenvalue weighted by Gasteiger charge is 2.61. The zero-order chi connectivity index (χ0) is 16.9. The van der Waals surface area contributed by atoms with E-state index in [4.69, 9.17) is 21.9 Å². The number of nitrogens with one attached hydrogen (secondary N) is 1. The molecule has 2 spiro atoms. The van der Waals surface area contributed by atoms with Crippen LogP contribution in [0, 0.1) is 5.41 Å². The average molecular weight is 407 g/mol. The number of hydrogen-bond acceptors (Lipinski definition) is 3. The first kappa shape index (κ1) is 16.7. The van der Waals surface area contributed by atoms with Gasteiger partial charge in [-0.2, -0.15) is 0 Å². The molecule has 1 fully saturated rings. The third kappa shape index (κ3) is 2.24. The Bertz CT molecular complexity index is 724. The highest BCUT2D eigenvalue weighted by Crippen LogP contribution is 2.60. The standard InChI is InChI=1S/C19H23BrN2OS/c1-3-16-17(24)22-19(21-16)15-10-13(20)5-4-12(15)11-18(19)8-6-14(23-2)7-9-18/h4-5,10,14H,3,6-9,11H2,1-2H3,(H,22,24)/t14-,18-,19-/m0/s1. The molecule has 2 aliphatic carbocycles. The van der Waals surface area contributed by atoms with E-state index < -0.39 is 0 Å². The minimum atomic E-state index is -0.382. The summed E-state index contributed by atoms with van der Waals surface area (Å²) in [5.41, 5.74) is 3.48. The highest BCUT2D eigenvalue weighted by molar-refractivity contribution is 9.10. The van der Waals surface area contributed by atoms with E-state index in [0.717, 1.165) is 53.7 Å². The number of methoxy groups -OCH3 is 1. The lowest BCUT2D eigenvalue weighted by atomic mass is 9.65. The molecule has 1 heterocycles. The summed E-state index contributed by atoms with van der Waals surface area (Å²) in [7, 11) is 1.83. The zero-order valence-electron chi connectivity index (χ0n) is 14.2. The molecule has 5 heteroatoms. The Morgan fingerprint density at radius 2 is 2.12 bits per heavy atom. The van der Waals surface area contributed by atoms with Gasteiger partial charge in [-0.15, -0.1) is 0 Å². The summed E-state index contributed by atoms with van der Waals surface area (Å²) in [6.45, 7) is 2.14. The molecule has 1 atom stereocenters. The van der Waals surface area contributed by atoms with E-state index in [1.807, 2.05) is 7.11 Å². The van der Waals surface area contributed by atoms with Crippen molar-refractivity contribution in [1.82, 2.24) is 5.32 Å². The van der Waals surface area contributed by atoms with Gasteiger partial charge in [-0.05, 0) is 56.2 Å². The third-order valence-corrected chi connectivity index (χ3v) is 7.01. The second-order valence-corrected chi connectivity index (χ2v) is 8.59. The summed E-state index contributed by atoms with van der Waals surface area (Å²) in [5, 5.41) is 3.67. The van der Waals surface area contributed by atoms with Gasteiger partial charge in [-0.1, -0.05) is 41.1 Å². The number of rotatable bonds is 2. The number of ether oxygens (including phenoxy) is 1. The number of nitrogens with zero attached hydrogens (tertiary/aromatic N) is 1. The zero-order valence-corrected chi connectivity index (χ0v) is 16.6. The molecule has 1 saturated carbocycles. The predicted octanol–water partition coefficient (Wildman–Crippen LogP) is 4.52. The van der Waals surface area contributed by atoms with Crippen LogP contribution in [0.2, 0.25) is 0 Å². The van der Waals surface area contributed by atoms with Gasteiger partial charge in [-0.3, -0.25) is 4.99 Å². The van der Waals surface area contributed by atoms with Gasteiger partial charge < -0.3 is 10.1 Å². The van der Waals surface area contributed by atoms with Gasteiger partial charge in [0.25, 0.3) is 0 Å². The number of halogens is 1. The Balaban J connectivity index is 1.84. The predicted molar refractivity (Wildman–Crippen MR) is 105 cm³/mol. The lowest BCUT2D eigenvalue weighted by Gasteiger charge is -2.46. The molecule has 1 aliphatic heterocycles. The second kappa shape index (κ2) is 5.89. The topological polar surface area (TPSA) is 33.6 Å². The van der Waals surface area contributed by atoms with Gasteiger partial charge in [0, 0.05) is 22.6 Å². The van der Waals surface area contributed by atoms with Crippen molar-refractivity contribution < 1.29 is 4.74 Å². The van der Waals surface area contributed by atoms with Crippen LogP contribution in [-0.2, 0) is 16.8 Å². The Kier molecular flexibility index (Phi) is 4.09. The summed E-state index contributed by atoms with van der Waals surface area (Å²) in [6, 6.07) is 6.64. The first-order chi connectivity index (χ1) is 11.5. The fraction of sp³-hybridized carbons (Fsp3) is 0.579. The van der Waals surface area contributed by atoms with Crippen LogP contribution in [0.5, 0.6) is 0 Å². The normalized spacial score (nSPS) is 34.5. The number of fused-ring (bicyclic) bond motifs is 3. The third-order valence-electron chi connectivity index (χ3n) is 6.18. The largest absolute Gasteiger partial charge is 0.381 e. The van der Waals surface area contributed by atoms with E-state index in [1.54, 1.807) is 0 Å². The van der Waals surface area contributed by atoms with Gasteiger partial charge in [0.1, 0.15) is 4.99 Å². The molecule has 0 saturated heterocycles. The molecule has 0 bridgehead atoms. The fourth-order valence-corrected chi connectivity index (χ4v) is 5.57. The smallest absolute Gasteiger partial charge is 0.162 e. The number of benzene rings is 1. The van der Waals surface area contributed by atoms with Gasteiger partial charge in [-0.25, -0.2) is 0 Å². The van der Waals surface area contributed by atoms with E-state index in [0.29, 0.717) is 6.10 Å². The first-order valence-electron chi connectivity index (χ1n) is 8.76. The molecule has 0 amide bonds. The molecule has 1 aromatic rings. The Hall–Kier alpha value is -0.780. The minimum absolute atomic E-state index is 0.103. The number of thiocarbonyl (C=S) groups is 1. The van der Waals surface area contributed by atoms with E-state index in [9.17, 15) is 0 Å². The molecular formula is C19H23BrN2OS. The lowest BCUT2D eigenvalue weighted by molar-refractivity contribution is -0.00615. The van der Waals surface area contributed by atoms with E-state index >= 15 is 0 Å². The molecule has 3 aliphatic rings. The van der Waals surface area contributed by atoms with E-state index in [-0.39, 0.29) is 11.1 Å². The molecule has 128 valence electrons. The maximum Gasteiger partial charge on any atom is 0.162 e. The van der Waals surface area contributed by atoms with E-state index in [2.05, 4.69) is 46.4 Å². The molecule has 24 heavy (non-hydrogen) atoms. The average Bonchev–Trinajstić information content (AvgIpc) is 3.06. The van der Waals surface area contributed by atoms with Crippen LogP contribution < -0.4 is 5.32 Å². The monoisotopic (exact) mass is 406 g/mol. The Morgan fingerprint density at radius 1 is 1.38 bits per heavy atom. The molecule has 1 N–H and O–H groups in total. The fourth-order valence-electron chi connectivity index (χ4n) is 4.87. The van der Waals surface area contributed by atoms with Crippen molar-refractivity contribution in [1.29, 1.82) is 0 Å². The second-order valence-electron chi connectivity index (χ2n) is 7.27. The van der Waals surface area contributed by atoms with Gasteiger partial charge >= 0.3 is 0 Å². The molecule has 3 nitrogen and oxygen atoms in total. The Labute approximate surface area is 157 Å². The lowest BCUT2D eigenvalue weighted by Crippen LogP contribution is -2.52. The molecule has 0 aromatic heterocycles. The minimum Gasteiger partial charge on any atom is -0.381 e. The van der Waals surface area contributed by atoms with Crippen LogP contribution in [0.25, 0.3) is 0 Å². The SMILES string of the molecule is CCC1=N[C@]2(NC1=S)c1cc(Br)ccc1C[C@]21CC[C@@H](OC)CC1. The number of aliphatic imine (C=N–C) groups is 1. The summed E-state index contributed by atoms with van der Waals surface area (Å²) in [4.78, 5) is 6.06. The molecular weight excluding hydrogens is 384 g/mol. The number of hydrogen-bond donors (Lipinski definition) is 1. The van der Waals surface area contributed by atoms with Crippen LogP contribution >= 0.6 is 28.1 Å². The summed E-state index contributed by atoms with van der Waals surface area (Å²) >= 11 is 9.28. The summed E-state index contributed by atoms with van der Waals surface area (Å²) < 4.78 is 6.72. The van der Waals surface area contributed by atoms with E-state index in [1.165, 1.54) is 11.1 Å². The van der Waals surface area contributed by atoms with Crippen molar-refractivity contribution >= 4 is 38.8 Å². The van der Waals surface area contributed by atoms with Crippen LogP contribution in [0.3, 0.4) is 0 Å². The molecule has 1 aromatic carbocycles. The van der Waals surface area contributed by atoms with Gasteiger partial charge in [0.15, 0.2) is 5.66 Å². The Morgan fingerprint density at radius 3 is 2.75 bits per heavy atom. The van der Waals surface area contributed by atoms with Crippen LogP contribution in [0.4, 0.5) is 0 Å². The quantitative estimate of drug-likeness (QED) is 0.733. The highest BCUT2D eigenvalue weighted by atomic mass is 79.9. The molecule has 0 unspecified atom stereocenters. The van der Waals surface area contributed by atoms with Crippen molar-refractivity contribution in [2.45, 2.75) is 57.2 Å². The summed E-state index contributed by atoms with van der Waals surface area (Å²) in [5.74, 6) is 0. The maximum absolute atomic E-state index is 5.63. The van der Waals surface area contributed by atoms with Crippen molar-refractivity contribution in [3.8, 4) is 0 Å². The van der Waals surface area contributed by atoms with Gasteiger partial charge in [0.05, 0.1) is 11.8 Å². The molecule has 0 radical (unpaired) electrons. The van der Waals surface area contributed by atoms with Gasteiger partial charge in [0.2, 0.25) is 0 Å². The van der Waals surface area contributed by atoms with Crippen molar-refractivity contribution in [2.24, 2.45) is 10.4 Å². The molecule has 4 rings (SSSR count). The van der Waals surface area contributed by atoms with Crippen molar-refractivity contribution in [2.75, 3.05) is 7.11 Å². The van der Waals surface area contributed by atoms with Crippen LogP contribution in [-0.4, -0.2) is 23.9 Å². The van der Waals surface area contributed by atoms with Crippen molar-refractivity contribution in [3.05, 3.63) is 33.8 Å². The van der Waals surface area contributed by atoms with Crippen molar-refractivity contribution in [3.63, 3.8) is 0 Å². The summed E-state index contributed by atoms with van der Waals surface area (Å²) in [6.07, 6.45) is 6.76.